The van der Waals surface area contributed by atoms with Gasteiger partial charge in [-0.3, -0.25) is 14.5 Å². The highest BCUT2D eigenvalue weighted by atomic mass is 32.2. The third-order valence-corrected chi connectivity index (χ3v) is 5.27. The first-order chi connectivity index (χ1) is 12.0. The largest absolute Gasteiger partial charge is 0.293 e. The molecule has 0 N–H and O–H groups in total. The van der Waals surface area contributed by atoms with Gasteiger partial charge in [0, 0.05) is 0 Å². The summed E-state index contributed by atoms with van der Waals surface area (Å²) in [6.07, 6.45) is 1.80. The van der Waals surface area contributed by atoms with Crippen molar-refractivity contribution in [3.63, 3.8) is 0 Å². The number of imide groups is 1. The minimum absolute atomic E-state index is 0.210. The second-order valence-corrected chi connectivity index (χ2v) is 7.51. The third kappa shape index (κ3) is 3.85. The first kappa shape index (κ1) is 17.5. The van der Waals surface area contributed by atoms with Crippen molar-refractivity contribution in [2.45, 2.75) is 33.2 Å². The number of rotatable bonds is 4. The van der Waals surface area contributed by atoms with E-state index in [1.54, 1.807) is 6.08 Å². The Labute approximate surface area is 152 Å². The molecular weight excluding hydrogens is 330 g/mol. The molecule has 0 aliphatic carbocycles. The molecule has 0 saturated carbocycles. The van der Waals surface area contributed by atoms with Crippen LogP contribution in [0.25, 0.3) is 6.08 Å². The monoisotopic (exact) mass is 351 g/mol. The zero-order valence-electron chi connectivity index (χ0n) is 14.7. The highest BCUT2D eigenvalue weighted by molar-refractivity contribution is 8.18. The summed E-state index contributed by atoms with van der Waals surface area (Å²) in [7, 11) is 0. The number of carbonyl (C=O) groups excluding carboxylic acids is 2. The quantitative estimate of drug-likeness (QED) is 0.696. The Balaban J connectivity index is 1.79. The molecule has 0 unspecified atom stereocenters. The Bertz CT molecular complexity index is 837. The standard InChI is InChI=1S/C21H21NO2S/c1-14(2)17-10-8-16(9-11-17)12-19-20(23)22(21(24)25-19)13-18-7-5-4-6-15(18)3/h4-12,14H,13H2,1-3H3/b19-12-. The van der Waals surface area contributed by atoms with Crippen molar-refractivity contribution < 1.29 is 9.59 Å². The smallest absolute Gasteiger partial charge is 0.268 e. The van der Waals surface area contributed by atoms with Crippen molar-refractivity contribution in [1.82, 2.24) is 4.90 Å². The van der Waals surface area contributed by atoms with E-state index in [-0.39, 0.29) is 11.1 Å². The highest BCUT2D eigenvalue weighted by Crippen LogP contribution is 2.33. The number of hydrogen-bond acceptors (Lipinski definition) is 3. The molecule has 0 radical (unpaired) electrons. The molecule has 1 saturated heterocycles. The summed E-state index contributed by atoms with van der Waals surface area (Å²) in [6.45, 7) is 6.60. The fourth-order valence-electron chi connectivity index (χ4n) is 2.72. The number of amides is 2. The van der Waals surface area contributed by atoms with Crippen LogP contribution in [-0.2, 0) is 11.3 Å². The van der Waals surface area contributed by atoms with Crippen LogP contribution in [0.15, 0.2) is 53.4 Å². The molecule has 128 valence electrons. The van der Waals surface area contributed by atoms with Crippen LogP contribution in [0.4, 0.5) is 4.79 Å². The van der Waals surface area contributed by atoms with Gasteiger partial charge in [0.15, 0.2) is 0 Å². The first-order valence-electron chi connectivity index (χ1n) is 8.35. The molecule has 0 atom stereocenters. The number of hydrogen-bond donors (Lipinski definition) is 0. The van der Waals surface area contributed by atoms with E-state index < -0.39 is 0 Å². The third-order valence-electron chi connectivity index (χ3n) is 4.36. The topological polar surface area (TPSA) is 37.4 Å². The molecule has 25 heavy (non-hydrogen) atoms. The summed E-state index contributed by atoms with van der Waals surface area (Å²) >= 11 is 1.01. The lowest BCUT2D eigenvalue weighted by atomic mass is 10.0. The zero-order valence-corrected chi connectivity index (χ0v) is 15.5. The zero-order chi connectivity index (χ0) is 18.0. The minimum atomic E-state index is -0.216. The van der Waals surface area contributed by atoms with Crippen LogP contribution in [0.2, 0.25) is 0 Å². The average Bonchev–Trinajstić information content (AvgIpc) is 2.85. The van der Waals surface area contributed by atoms with Crippen LogP contribution in [-0.4, -0.2) is 16.0 Å². The van der Waals surface area contributed by atoms with Crippen LogP contribution in [0, 0.1) is 6.92 Å². The maximum atomic E-state index is 12.6. The molecular formula is C21H21NO2S. The molecule has 1 fully saturated rings. The molecule has 2 aromatic carbocycles. The maximum absolute atomic E-state index is 12.6. The Morgan fingerprint density at radius 1 is 1.04 bits per heavy atom. The van der Waals surface area contributed by atoms with Crippen LogP contribution < -0.4 is 0 Å². The lowest BCUT2D eigenvalue weighted by Crippen LogP contribution is -2.27. The van der Waals surface area contributed by atoms with Crippen molar-refractivity contribution >= 4 is 29.0 Å². The predicted molar refractivity (Wildman–Crippen MR) is 103 cm³/mol. The van der Waals surface area contributed by atoms with E-state index in [9.17, 15) is 9.59 Å². The van der Waals surface area contributed by atoms with Gasteiger partial charge in [0.05, 0.1) is 11.4 Å². The molecule has 0 aromatic heterocycles. The Morgan fingerprint density at radius 3 is 2.36 bits per heavy atom. The van der Waals surface area contributed by atoms with E-state index in [4.69, 9.17) is 0 Å². The number of nitrogens with zero attached hydrogens (tertiary/aromatic N) is 1. The van der Waals surface area contributed by atoms with Crippen LogP contribution in [0.5, 0.6) is 0 Å². The number of benzene rings is 2. The van der Waals surface area contributed by atoms with E-state index in [0.717, 1.165) is 28.5 Å². The molecule has 2 aromatic rings. The van der Waals surface area contributed by atoms with Crippen molar-refractivity contribution in [2.24, 2.45) is 0 Å². The van der Waals surface area contributed by atoms with E-state index >= 15 is 0 Å². The van der Waals surface area contributed by atoms with Gasteiger partial charge >= 0.3 is 0 Å². The van der Waals surface area contributed by atoms with Gasteiger partial charge in [0.1, 0.15) is 0 Å². The van der Waals surface area contributed by atoms with Crippen molar-refractivity contribution in [3.8, 4) is 0 Å². The summed E-state index contributed by atoms with van der Waals surface area (Å²) in [4.78, 5) is 26.7. The van der Waals surface area contributed by atoms with Crippen molar-refractivity contribution in [3.05, 3.63) is 75.7 Å². The molecule has 2 amide bonds. The lowest BCUT2D eigenvalue weighted by molar-refractivity contribution is -0.123. The second-order valence-electron chi connectivity index (χ2n) is 6.52. The maximum Gasteiger partial charge on any atom is 0.293 e. The van der Waals surface area contributed by atoms with Gasteiger partial charge in [-0.1, -0.05) is 62.4 Å². The summed E-state index contributed by atoms with van der Waals surface area (Å²) < 4.78 is 0. The summed E-state index contributed by atoms with van der Waals surface area (Å²) in [6, 6.07) is 15.9. The molecule has 3 rings (SSSR count). The Kier molecular flexibility index (Phi) is 5.09. The molecule has 1 aliphatic heterocycles. The predicted octanol–water partition coefficient (Wildman–Crippen LogP) is 5.35. The average molecular weight is 351 g/mol. The minimum Gasteiger partial charge on any atom is -0.268 e. The fourth-order valence-corrected chi connectivity index (χ4v) is 3.56. The van der Waals surface area contributed by atoms with Gasteiger partial charge in [0.2, 0.25) is 0 Å². The van der Waals surface area contributed by atoms with Crippen LogP contribution >= 0.6 is 11.8 Å². The van der Waals surface area contributed by atoms with Gasteiger partial charge in [-0.2, -0.15) is 0 Å². The van der Waals surface area contributed by atoms with Gasteiger partial charge in [-0.25, -0.2) is 0 Å². The van der Waals surface area contributed by atoms with Crippen LogP contribution in [0.1, 0.15) is 42.0 Å². The molecule has 3 nitrogen and oxygen atoms in total. The van der Waals surface area contributed by atoms with Crippen molar-refractivity contribution in [1.29, 1.82) is 0 Å². The first-order valence-corrected chi connectivity index (χ1v) is 9.17. The summed E-state index contributed by atoms with van der Waals surface area (Å²) in [5, 5.41) is -0.210. The van der Waals surface area contributed by atoms with Crippen LogP contribution in [0.3, 0.4) is 0 Å². The van der Waals surface area contributed by atoms with E-state index in [2.05, 4.69) is 26.0 Å². The number of thioether (sulfide) groups is 1. The molecule has 0 bridgehead atoms. The van der Waals surface area contributed by atoms with Gasteiger partial charge < -0.3 is 0 Å². The van der Waals surface area contributed by atoms with E-state index in [1.807, 2.05) is 43.3 Å². The Hall–Kier alpha value is -2.33. The molecule has 1 aliphatic rings. The molecule has 1 heterocycles. The molecule has 0 spiro atoms. The number of carbonyl (C=O) groups is 2. The molecule has 4 heteroatoms. The Morgan fingerprint density at radius 2 is 1.72 bits per heavy atom. The van der Waals surface area contributed by atoms with Gasteiger partial charge in [-0.05, 0) is 52.9 Å². The lowest BCUT2D eigenvalue weighted by Gasteiger charge is -2.14. The number of aryl methyl sites for hydroxylation is 1. The van der Waals surface area contributed by atoms with E-state index in [0.29, 0.717) is 17.4 Å². The fraction of sp³-hybridized carbons (Fsp3) is 0.238. The summed E-state index contributed by atoms with van der Waals surface area (Å²) in [5.74, 6) is 0.251. The second kappa shape index (κ2) is 7.28. The normalized spacial score (nSPS) is 16.3. The SMILES string of the molecule is Cc1ccccc1CN1C(=O)S/C(=C\c2ccc(C(C)C)cc2)C1=O. The van der Waals surface area contributed by atoms with E-state index in [1.165, 1.54) is 10.5 Å². The summed E-state index contributed by atoms with van der Waals surface area (Å²) in [5.41, 5.74) is 4.26. The van der Waals surface area contributed by atoms with Gasteiger partial charge in [-0.15, -0.1) is 0 Å². The highest BCUT2D eigenvalue weighted by Gasteiger charge is 2.35. The van der Waals surface area contributed by atoms with Crippen molar-refractivity contribution in [2.75, 3.05) is 0 Å². The van der Waals surface area contributed by atoms with Gasteiger partial charge in [0.25, 0.3) is 11.1 Å².